The van der Waals surface area contributed by atoms with Crippen molar-refractivity contribution in [1.82, 2.24) is 5.32 Å². The van der Waals surface area contributed by atoms with Gasteiger partial charge in [-0.2, -0.15) is 0 Å². The molecule has 2 atom stereocenters. The zero-order valence-electron chi connectivity index (χ0n) is 10.8. The Bertz CT molecular complexity index is 420. The van der Waals surface area contributed by atoms with Crippen molar-refractivity contribution in [3.63, 3.8) is 0 Å². The van der Waals surface area contributed by atoms with E-state index in [2.05, 4.69) is 12.2 Å². The Balaban J connectivity index is 1.89. The zero-order chi connectivity index (χ0) is 13.0. The lowest BCUT2D eigenvalue weighted by Crippen LogP contribution is -2.33. The van der Waals surface area contributed by atoms with E-state index in [4.69, 9.17) is 0 Å². The van der Waals surface area contributed by atoms with Crippen LogP contribution >= 0.6 is 0 Å². The fraction of sp³-hybridized carbons (Fsp3) is 0.571. The van der Waals surface area contributed by atoms with Gasteiger partial charge in [-0.1, -0.05) is 31.9 Å². The fourth-order valence-electron chi connectivity index (χ4n) is 2.66. The van der Waals surface area contributed by atoms with E-state index in [-0.39, 0.29) is 10.6 Å². The maximum Gasteiger partial charge on any atom is 0.269 e. The van der Waals surface area contributed by atoms with Crippen LogP contribution in [0.15, 0.2) is 24.3 Å². The Morgan fingerprint density at radius 2 is 2.28 bits per heavy atom. The number of rotatable bonds is 4. The molecule has 1 aromatic rings. The first-order chi connectivity index (χ1) is 8.65. The van der Waals surface area contributed by atoms with E-state index >= 15 is 0 Å². The maximum absolute atomic E-state index is 10.7. The van der Waals surface area contributed by atoms with E-state index in [1.54, 1.807) is 12.1 Å². The zero-order valence-corrected chi connectivity index (χ0v) is 10.8. The lowest BCUT2D eigenvalue weighted by molar-refractivity contribution is -0.384. The standard InChI is InChI=1S/C14H20N2O2/c1-11-4-2-6-13(8-11)15-10-12-5-3-7-14(9-12)16(17)18/h3,5,7,9,11,13,15H,2,4,6,8,10H2,1H3. The Labute approximate surface area is 108 Å². The van der Waals surface area contributed by atoms with Gasteiger partial charge in [0.05, 0.1) is 4.92 Å². The van der Waals surface area contributed by atoms with Crippen LogP contribution in [-0.2, 0) is 6.54 Å². The van der Waals surface area contributed by atoms with Crippen LogP contribution < -0.4 is 5.32 Å². The average molecular weight is 248 g/mol. The third kappa shape index (κ3) is 3.53. The van der Waals surface area contributed by atoms with Gasteiger partial charge in [0.2, 0.25) is 0 Å². The number of nitrogens with one attached hydrogen (secondary N) is 1. The molecule has 0 amide bonds. The van der Waals surface area contributed by atoms with Gasteiger partial charge in [0.15, 0.2) is 0 Å². The number of nitrogens with zero attached hydrogens (tertiary/aromatic N) is 1. The normalized spacial score (nSPS) is 23.8. The first-order valence-corrected chi connectivity index (χ1v) is 6.62. The van der Waals surface area contributed by atoms with Gasteiger partial charge in [0, 0.05) is 24.7 Å². The molecule has 0 aromatic heterocycles. The van der Waals surface area contributed by atoms with E-state index in [0.29, 0.717) is 6.04 Å². The Hall–Kier alpha value is -1.42. The molecule has 1 saturated carbocycles. The third-order valence-corrected chi connectivity index (χ3v) is 3.65. The highest BCUT2D eigenvalue weighted by Crippen LogP contribution is 2.23. The van der Waals surface area contributed by atoms with Crippen molar-refractivity contribution in [2.24, 2.45) is 5.92 Å². The second-order valence-electron chi connectivity index (χ2n) is 5.28. The summed E-state index contributed by atoms with van der Waals surface area (Å²) in [5.74, 6) is 0.793. The molecular formula is C14H20N2O2. The van der Waals surface area contributed by atoms with Crippen molar-refractivity contribution < 1.29 is 4.92 Å². The van der Waals surface area contributed by atoms with E-state index in [0.717, 1.165) is 18.0 Å². The lowest BCUT2D eigenvalue weighted by atomic mass is 9.87. The average Bonchev–Trinajstić information content (AvgIpc) is 2.37. The van der Waals surface area contributed by atoms with Gasteiger partial charge in [-0.25, -0.2) is 0 Å². The number of nitro groups is 1. The van der Waals surface area contributed by atoms with Crippen molar-refractivity contribution in [3.05, 3.63) is 39.9 Å². The van der Waals surface area contributed by atoms with Gasteiger partial charge >= 0.3 is 0 Å². The quantitative estimate of drug-likeness (QED) is 0.657. The molecule has 2 unspecified atom stereocenters. The van der Waals surface area contributed by atoms with E-state index < -0.39 is 0 Å². The van der Waals surface area contributed by atoms with Gasteiger partial charge in [0.1, 0.15) is 0 Å². The van der Waals surface area contributed by atoms with Crippen molar-refractivity contribution in [3.8, 4) is 0 Å². The molecule has 4 heteroatoms. The molecule has 1 aromatic carbocycles. The van der Waals surface area contributed by atoms with Crippen LogP contribution in [0.3, 0.4) is 0 Å². The minimum Gasteiger partial charge on any atom is -0.310 e. The van der Waals surface area contributed by atoms with Crippen LogP contribution in [0.5, 0.6) is 0 Å². The van der Waals surface area contributed by atoms with E-state index in [1.165, 1.54) is 31.7 Å². The summed E-state index contributed by atoms with van der Waals surface area (Å²) in [6.45, 7) is 3.01. The largest absolute Gasteiger partial charge is 0.310 e. The van der Waals surface area contributed by atoms with E-state index in [1.807, 2.05) is 6.07 Å². The number of hydrogen-bond acceptors (Lipinski definition) is 3. The van der Waals surface area contributed by atoms with Crippen LogP contribution in [0.25, 0.3) is 0 Å². The molecule has 0 bridgehead atoms. The smallest absolute Gasteiger partial charge is 0.269 e. The van der Waals surface area contributed by atoms with Gasteiger partial charge in [0.25, 0.3) is 5.69 Å². The van der Waals surface area contributed by atoms with Crippen LogP contribution in [0, 0.1) is 16.0 Å². The minimum atomic E-state index is -0.341. The Kier molecular flexibility index (Phi) is 4.31. The van der Waals surface area contributed by atoms with Gasteiger partial charge in [-0.3, -0.25) is 10.1 Å². The molecule has 0 aliphatic heterocycles. The Morgan fingerprint density at radius 1 is 1.44 bits per heavy atom. The predicted molar refractivity (Wildman–Crippen MR) is 71.4 cm³/mol. The molecule has 0 spiro atoms. The highest BCUT2D eigenvalue weighted by Gasteiger charge is 2.18. The van der Waals surface area contributed by atoms with Gasteiger partial charge < -0.3 is 5.32 Å². The van der Waals surface area contributed by atoms with Crippen molar-refractivity contribution in [2.75, 3.05) is 0 Å². The summed E-state index contributed by atoms with van der Waals surface area (Å²) in [7, 11) is 0. The monoisotopic (exact) mass is 248 g/mol. The highest BCUT2D eigenvalue weighted by atomic mass is 16.6. The van der Waals surface area contributed by atoms with Crippen LogP contribution in [0.4, 0.5) is 5.69 Å². The molecule has 2 rings (SSSR count). The topological polar surface area (TPSA) is 55.2 Å². The third-order valence-electron chi connectivity index (χ3n) is 3.65. The predicted octanol–water partition coefficient (Wildman–Crippen LogP) is 3.26. The number of benzene rings is 1. The first-order valence-electron chi connectivity index (χ1n) is 6.62. The molecule has 0 radical (unpaired) electrons. The second-order valence-corrected chi connectivity index (χ2v) is 5.28. The molecule has 0 heterocycles. The first kappa shape index (κ1) is 13.0. The lowest BCUT2D eigenvalue weighted by Gasteiger charge is -2.27. The van der Waals surface area contributed by atoms with Gasteiger partial charge in [-0.15, -0.1) is 0 Å². The van der Waals surface area contributed by atoms with Crippen molar-refractivity contribution >= 4 is 5.69 Å². The van der Waals surface area contributed by atoms with E-state index in [9.17, 15) is 10.1 Å². The molecule has 1 aliphatic carbocycles. The summed E-state index contributed by atoms with van der Waals surface area (Å²) >= 11 is 0. The molecule has 98 valence electrons. The summed E-state index contributed by atoms with van der Waals surface area (Å²) in [6.07, 6.45) is 5.05. The van der Waals surface area contributed by atoms with Gasteiger partial charge in [-0.05, 0) is 24.3 Å². The second kappa shape index (κ2) is 5.96. The highest BCUT2D eigenvalue weighted by molar-refractivity contribution is 5.34. The molecule has 1 N–H and O–H groups in total. The summed E-state index contributed by atoms with van der Waals surface area (Å²) < 4.78 is 0. The number of hydrogen-bond donors (Lipinski definition) is 1. The fourth-order valence-corrected chi connectivity index (χ4v) is 2.66. The summed E-state index contributed by atoms with van der Waals surface area (Å²) in [5, 5.41) is 14.2. The van der Waals surface area contributed by atoms with Crippen LogP contribution in [-0.4, -0.2) is 11.0 Å². The molecule has 4 nitrogen and oxygen atoms in total. The molecule has 1 aliphatic rings. The minimum absolute atomic E-state index is 0.173. The van der Waals surface area contributed by atoms with Crippen LogP contribution in [0.1, 0.15) is 38.2 Å². The van der Waals surface area contributed by atoms with Crippen LogP contribution in [0.2, 0.25) is 0 Å². The van der Waals surface area contributed by atoms with Crippen molar-refractivity contribution in [2.45, 2.75) is 45.2 Å². The summed E-state index contributed by atoms with van der Waals surface area (Å²) in [5.41, 5.74) is 1.16. The summed E-state index contributed by atoms with van der Waals surface area (Å²) in [6, 6.07) is 7.43. The maximum atomic E-state index is 10.7. The van der Waals surface area contributed by atoms with Crippen molar-refractivity contribution in [1.29, 1.82) is 0 Å². The number of nitro benzene ring substituents is 1. The summed E-state index contributed by atoms with van der Waals surface area (Å²) in [4.78, 5) is 10.3. The Morgan fingerprint density at radius 3 is 3.00 bits per heavy atom. The SMILES string of the molecule is CC1CCCC(NCc2cccc([N+](=O)[O-])c2)C1. The molecule has 18 heavy (non-hydrogen) atoms. The molecule has 1 fully saturated rings. The molecule has 0 saturated heterocycles. The molecular weight excluding hydrogens is 228 g/mol. The number of non-ortho nitro benzene ring substituents is 1.